The van der Waals surface area contributed by atoms with Gasteiger partial charge in [-0.15, -0.1) is 0 Å². The van der Waals surface area contributed by atoms with E-state index in [-0.39, 0.29) is 6.04 Å². The maximum absolute atomic E-state index is 8.04. The molecule has 1 aromatic carbocycles. The summed E-state index contributed by atoms with van der Waals surface area (Å²) in [6.07, 6.45) is 2.33. The lowest BCUT2D eigenvalue weighted by molar-refractivity contribution is 0.389. The van der Waals surface area contributed by atoms with Crippen molar-refractivity contribution in [2.45, 2.75) is 25.8 Å². The Labute approximate surface area is 102 Å². The molecule has 2 nitrogen and oxygen atoms in total. The van der Waals surface area contributed by atoms with Gasteiger partial charge in [0.05, 0.1) is 11.9 Å². The summed E-state index contributed by atoms with van der Waals surface area (Å²) in [5, 5.41) is 8.83. The minimum atomic E-state index is 0.168. The average Bonchev–Trinajstić information content (AvgIpc) is 3.11. The maximum Gasteiger partial charge on any atom is 0.0991 e. The van der Waals surface area contributed by atoms with Crippen LogP contribution in [0.25, 0.3) is 0 Å². The Hall–Kier alpha value is -1.02. The van der Waals surface area contributed by atoms with Crippen LogP contribution in [0.4, 0.5) is 0 Å². The van der Waals surface area contributed by atoms with Gasteiger partial charge < -0.3 is 4.90 Å². The molecule has 0 aromatic heterocycles. The molecular formula is C13H17ClN2. The second kappa shape index (κ2) is 4.46. The van der Waals surface area contributed by atoms with E-state index in [1.54, 1.807) is 0 Å². The topological polar surface area (TPSA) is 27.1 Å². The highest BCUT2D eigenvalue weighted by molar-refractivity contribution is 6.31. The zero-order chi connectivity index (χ0) is 11.7. The number of hydrogen-bond donors (Lipinski definition) is 1. The number of hydrogen-bond acceptors (Lipinski definition) is 1. The van der Waals surface area contributed by atoms with Crippen molar-refractivity contribution in [3.8, 4) is 0 Å². The van der Waals surface area contributed by atoms with Gasteiger partial charge in [-0.3, -0.25) is 5.41 Å². The standard InChI is InChI=1S/C13H17ClN2/c1-9(11-5-3-4-6-12(11)14)16(2)13(15)10-7-8-10/h3-6,9-10,15H,7-8H2,1-2H3. The van der Waals surface area contributed by atoms with Crippen molar-refractivity contribution in [1.29, 1.82) is 5.41 Å². The van der Waals surface area contributed by atoms with Crippen molar-refractivity contribution in [2.24, 2.45) is 5.92 Å². The van der Waals surface area contributed by atoms with E-state index in [2.05, 4.69) is 6.92 Å². The van der Waals surface area contributed by atoms with Crippen LogP contribution in [0.15, 0.2) is 24.3 Å². The third kappa shape index (κ3) is 2.22. The van der Waals surface area contributed by atoms with E-state index < -0.39 is 0 Å². The van der Waals surface area contributed by atoms with Crippen molar-refractivity contribution < 1.29 is 0 Å². The van der Waals surface area contributed by atoms with Gasteiger partial charge in [0.2, 0.25) is 0 Å². The number of nitrogens with zero attached hydrogens (tertiary/aromatic N) is 1. The molecule has 1 aromatic rings. The Balaban J connectivity index is 2.14. The van der Waals surface area contributed by atoms with Crippen LogP contribution in [0.2, 0.25) is 5.02 Å². The van der Waals surface area contributed by atoms with E-state index >= 15 is 0 Å². The van der Waals surface area contributed by atoms with Crippen LogP contribution in [-0.4, -0.2) is 17.8 Å². The van der Waals surface area contributed by atoms with Gasteiger partial charge in [-0.05, 0) is 31.4 Å². The lowest BCUT2D eigenvalue weighted by atomic mass is 10.1. The molecule has 0 aliphatic heterocycles. The molecule has 2 rings (SSSR count). The first kappa shape index (κ1) is 11.5. The minimum absolute atomic E-state index is 0.168. The summed E-state index contributed by atoms with van der Waals surface area (Å²) in [7, 11) is 1.98. The predicted octanol–water partition coefficient (Wildman–Crippen LogP) is 3.72. The monoisotopic (exact) mass is 236 g/mol. The van der Waals surface area contributed by atoms with Crippen molar-refractivity contribution in [2.75, 3.05) is 7.05 Å². The molecule has 86 valence electrons. The van der Waals surface area contributed by atoms with Crippen molar-refractivity contribution in [3.63, 3.8) is 0 Å². The molecule has 1 atom stereocenters. The summed E-state index contributed by atoms with van der Waals surface area (Å²) in [5.74, 6) is 1.22. The maximum atomic E-state index is 8.04. The molecule has 3 heteroatoms. The van der Waals surface area contributed by atoms with Crippen LogP contribution >= 0.6 is 11.6 Å². The minimum Gasteiger partial charge on any atom is -0.357 e. The van der Waals surface area contributed by atoms with Gasteiger partial charge in [0.25, 0.3) is 0 Å². The van der Waals surface area contributed by atoms with Crippen LogP contribution in [0.5, 0.6) is 0 Å². The third-order valence-corrected chi connectivity index (χ3v) is 3.62. The van der Waals surface area contributed by atoms with Crippen LogP contribution in [0, 0.1) is 11.3 Å². The summed E-state index contributed by atoms with van der Waals surface area (Å²) in [5.41, 5.74) is 1.09. The molecule has 1 aliphatic rings. The predicted molar refractivity (Wildman–Crippen MR) is 68.1 cm³/mol. The van der Waals surface area contributed by atoms with Gasteiger partial charge in [0.1, 0.15) is 0 Å². The van der Waals surface area contributed by atoms with Crippen molar-refractivity contribution in [1.82, 2.24) is 4.90 Å². The molecule has 1 N–H and O–H groups in total. The first-order valence-electron chi connectivity index (χ1n) is 5.67. The van der Waals surface area contributed by atoms with Gasteiger partial charge in [0.15, 0.2) is 0 Å². The first-order valence-corrected chi connectivity index (χ1v) is 6.04. The normalized spacial score (nSPS) is 16.9. The highest BCUT2D eigenvalue weighted by Crippen LogP contribution is 2.34. The van der Waals surface area contributed by atoms with Crippen LogP contribution in [0.3, 0.4) is 0 Å². The molecule has 1 saturated carbocycles. The van der Waals surface area contributed by atoms with E-state index in [1.165, 1.54) is 12.8 Å². The molecule has 0 amide bonds. The number of nitrogens with one attached hydrogen (secondary N) is 1. The zero-order valence-electron chi connectivity index (χ0n) is 9.70. The van der Waals surface area contributed by atoms with E-state index in [1.807, 2.05) is 36.2 Å². The number of amidine groups is 1. The molecule has 1 aliphatic carbocycles. The fourth-order valence-corrected chi connectivity index (χ4v) is 2.17. The molecule has 0 radical (unpaired) electrons. The number of benzene rings is 1. The molecule has 0 bridgehead atoms. The van der Waals surface area contributed by atoms with E-state index in [4.69, 9.17) is 17.0 Å². The van der Waals surface area contributed by atoms with E-state index in [9.17, 15) is 0 Å². The summed E-state index contributed by atoms with van der Waals surface area (Å²) in [6, 6.07) is 8.03. The Morgan fingerprint density at radius 3 is 2.62 bits per heavy atom. The molecule has 1 fully saturated rings. The number of rotatable bonds is 3. The van der Waals surface area contributed by atoms with Gasteiger partial charge in [-0.2, -0.15) is 0 Å². The molecule has 0 heterocycles. The summed E-state index contributed by atoms with van der Waals surface area (Å²) < 4.78 is 0. The number of halogens is 1. The van der Waals surface area contributed by atoms with E-state index in [0.29, 0.717) is 5.92 Å². The Morgan fingerprint density at radius 1 is 1.44 bits per heavy atom. The lowest BCUT2D eigenvalue weighted by Gasteiger charge is -2.28. The van der Waals surface area contributed by atoms with Gasteiger partial charge >= 0.3 is 0 Å². The van der Waals surface area contributed by atoms with E-state index in [0.717, 1.165) is 16.4 Å². The summed E-state index contributed by atoms with van der Waals surface area (Å²) in [4.78, 5) is 2.03. The smallest absolute Gasteiger partial charge is 0.0991 e. The Morgan fingerprint density at radius 2 is 2.06 bits per heavy atom. The highest BCUT2D eigenvalue weighted by atomic mass is 35.5. The largest absolute Gasteiger partial charge is 0.357 e. The van der Waals surface area contributed by atoms with Gasteiger partial charge in [-0.25, -0.2) is 0 Å². The fourth-order valence-electron chi connectivity index (χ4n) is 1.88. The van der Waals surface area contributed by atoms with Gasteiger partial charge in [-0.1, -0.05) is 29.8 Å². The SMILES string of the molecule is CC(c1ccccc1Cl)N(C)C(=N)C1CC1. The Kier molecular flexibility index (Phi) is 3.20. The molecule has 0 spiro atoms. The zero-order valence-corrected chi connectivity index (χ0v) is 10.5. The second-order valence-electron chi connectivity index (χ2n) is 4.47. The third-order valence-electron chi connectivity index (χ3n) is 3.28. The Bertz CT molecular complexity index is 399. The molecule has 0 saturated heterocycles. The van der Waals surface area contributed by atoms with Crippen LogP contribution in [-0.2, 0) is 0 Å². The van der Waals surface area contributed by atoms with Crippen LogP contribution < -0.4 is 0 Å². The van der Waals surface area contributed by atoms with Crippen molar-refractivity contribution in [3.05, 3.63) is 34.9 Å². The fraction of sp³-hybridized carbons (Fsp3) is 0.462. The molecule has 16 heavy (non-hydrogen) atoms. The van der Waals surface area contributed by atoms with Crippen molar-refractivity contribution >= 4 is 17.4 Å². The average molecular weight is 237 g/mol. The molecular weight excluding hydrogens is 220 g/mol. The van der Waals surface area contributed by atoms with Crippen LogP contribution in [0.1, 0.15) is 31.4 Å². The second-order valence-corrected chi connectivity index (χ2v) is 4.88. The summed E-state index contributed by atoms with van der Waals surface area (Å²) in [6.45, 7) is 2.10. The quantitative estimate of drug-likeness (QED) is 0.629. The lowest BCUT2D eigenvalue weighted by Crippen LogP contribution is -2.30. The summed E-state index contributed by atoms with van der Waals surface area (Å²) >= 11 is 6.17. The van der Waals surface area contributed by atoms with Gasteiger partial charge in [0, 0.05) is 18.0 Å². The first-order chi connectivity index (χ1) is 7.61. The molecule has 1 unspecified atom stereocenters. The highest BCUT2D eigenvalue weighted by Gasteiger charge is 2.30.